The number of aromatic amines is 1. The fraction of sp³-hybridized carbons (Fsp3) is 0.435. The number of ether oxygens (including phenoxy) is 1. The molecule has 0 saturated carbocycles. The average Bonchev–Trinajstić information content (AvgIpc) is 3.14. The van der Waals surface area contributed by atoms with Gasteiger partial charge in [0, 0.05) is 31.1 Å². The minimum absolute atomic E-state index is 0.0268. The van der Waals surface area contributed by atoms with Crippen molar-refractivity contribution >= 4 is 28.4 Å². The van der Waals surface area contributed by atoms with Gasteiger partial charge in [-0.2, -0.15) is 0 Å². The normalized spacial score (nSPS) is 11.2. The molecule has 9 nitrogen and oxygen atoms in total. The predicted molar refractivity (Wildman–Crippen MR) is 124 cm³/mol. The Bertz CT molecular complexity index is 1210. The van der Waals surface area contributed by atoms with E-state index in [4.69, 9.17) is 14.9 Å². The lowest BCUT2D eigenvalue weighted by molar-refractivity contribution is 0.0955. The second-order valence-corrected chi connectivity index (χ2v) is 7.65. The molecule has 32 heavy (non-hydrogen) atoms. The number of fused-ring (bicyclic) bond motifs is 1. The Hall–Kier alpha value is -3.33. The summed E-state index contributed by atoms with van der Waals surface area (Å²) in [6.07, 6.45) is 2.99. The molecule has 3 aromatic rings. The number of methoxy groups -OCH3 is 1. The molecular formula is C23H30N4O5. The van der Waals surface area contributed by atoms with E-state index in [2.05, 4.69) is 4.98 Å². The molecule has 2 heterocycles. The number of hydrogen-bond acceptors (Lipinski definition) is 6. The van der Waals surface area contributed by atoms with Crippen LogP contribution in [0, 0.1) is 0 Å². The van der Waals surface area contributed by atoms with Gasteiger partial charge in [0.05, 0.1) is 6.61 Å². The number of amides is 1. The van der Waals surface area contributed by atoms with E-state index in [1.165, 1.54) is 16.6 Å². The average molecular weight is 443 g/mol. The number of carbonyl (C=O) groups excluding carboxylic acids is 1. The van der Waals surface area contributed by atoms with Crippen LogP contribution in [-0.2, 0) is 17.9 Å². The van der Waals surface area contributed by atoms with Crippen LogP contribution in [0.2, 0.25) is 0 Å². The number of para-hydroxylation sites is 1. The summed E-state index contributed by atoms with van der Waals surface area (Å²) in [5.74, 6) is -0.435. The van der Waals surface area contributed by atoms with Crippen LogP contribution in [0.4, 0.5) is 11.5 Å². The van der Waals surface area contributed by atoms with E-state index in [0.29, 0.717) is 30.5 Å². The molecule has 0 radical (unpaired) electrons. The number of carbonyl (C=O) groups is 1. The first-order valence-electron chi connectivity index (χ1n) is 10.9. The summed E-state index contributed by atoms with van der Waals surface area (Å²) >= 11 is 0. The van der Waals surface area contributed by atoms with Crippen molar-refractivity contribution in [1.29, 1.82) is 0 Å². The van der Waals surface area contributed by atoms with Crippen molar-refractivity contribution in [3.05, 3.63) is 56.4 Å². The van der Waals surface area contributed by atoms with Gasteiger partial charge in [-0.1, -0.05) is 44.9 Å². The van der Waals surface area contributed by atoms with Gasteiger partial charge in [0.15, 0.2) is 11.4 Å². The summed E-state index contributed by atoms with van der Waals surface area (Å²) in [5, 5.41) is 0.767. The minimum Gasteiger partial charge on any atom is -0.450 e. The molecule has 0 fully saturated rings. The van der Waals surface area contributed by atoms with E-state index >= 15 is 0 Å². The zero-order chi connectivity index (χ0) is 23.3. The highest BCUT2D eigenvalue weighted by molar-refractivity contribution is 6.09. The molecule has 2 aromatic heterocycles. The van der Waals surface area contributed by atoms with Crippen molar-refractivity contribution in [2.45, 2.75) is 52.7 Å². The zero-order valence-electron chi connectivity index (χ0n) is 18.8. The smallest absolute Gasteiger partial charge is 0.330 e. The van der Waals surface area contributed by atoms with Crippen molar-refractivity contribution in [3.8, 4) is 0 Å². The van der Waals surface area contributed by atoms with Gasteiger partial charge in [-0.05, 0) is 18.9 Å². The van der Waals surface area contributed by atoms with Crippen LogP contribution >= 0.6 is 0 Å². The van der Waals surface area contributed by atoms with E-state index in [-0.39, 0.29) is 30.4 Å². The summed E-state index contributed by atoms with van der Waals surface area (Å²) < 4.78 is 12.5. The number of nitrogens with zero attached hydrogens (tertiary/aromatic N) is 2. The lowest BCUT2D eigenvalue weighted by Gasteiger charge is -2.24. The molecule has 0 aliphatic heterocycles. The summed E-state index contributed by atoms with van der Waals surface area (Å²) in [6.45, 7) is 4.74. The molecule has 0 aliphatic carbocycles. The second kappa shape index (κ2) is 10.3. The maximum Gasteiger partial charge on any atom is 0.330 e. The Morgan fingerprint density at radius 1 is 1.19 bits per heavy atom. The number of hydrogen-bond donors (Lipinski definition) is 2. The highest BCUT2D eigenvalue weighted by Crippen LogP contribution is 2.29. The van der Waals surface area contributed by atoms with Gasteiger partial charge in [-0.25, -0.2) is 4.79 Å². The minimum atomic E-state index is -0.700. The third kappa shape index (κ3) is 4.47. The van der Waals surface area contributed by atoms with Crippen molar-refractivity contribution in [3.63, 3.8) is 0 Å². The Morgan fingerprint density at radius 3 is 2.59 bits per heavy atom. The molecule has 1 aromatic carbocycles. The lowest BCUT2D eigenvalue weighted by atomic mass is 10.1. The highest BCUT2D eigenvalue weighted by atomic mass is 16.5. The van der Waals surface area contributed by atoms with Crippen molar-refractivity contribution in [1.82, 2.24) is 9.55 Å². The maximum absolute atomic E-state index is 13.7. The number of nitrogens with two attached hydrogens (primary N) is 1. The number of nitrogens with one attached hydrogen (secondary N) is 1. The molecular weight excluding hydrogens is 412 g/mol. The van der Waals surface area contributed by atoms with Crippen molar-refractivity contribution in [2.24, 2.45) is 0 Å². The van der Waals surface area contributed by atoms with Gasteiger partial charge in [0.25, 0.3) is 11.5 Å². The number of aromatic nitrogens is 2. The molecule has 0 spiro atoms. The highest BCUT2D eigenvalue weighted by Gasteiger charge is 2.30. The van der Waals surface area contributed by atoms with Gasteiger partial charge in [-0.15, -0.1) is 0 Å². The van der Waals surface area contributed by atoms with Crippen LogP contribution in [0.1, 0.15) is 55.6 Å². The van der Waals surface area contributed by atoms with Crippen LogP contribution in [-0.4, -0.2) is 29.1 Å². The first kappa shape index (κ1) is 23.3. The number of anilines is 2. The Kier molecular flexibility index (Phi) is 7.53. The molecule has 9 heteroatoms. The molecule has 3 rings (SSSR count). The van der Waals surface area contributed by atoms with Gasteiger partial charge in [0.2, 0.25) is 0 Å². The molecule has 0 unspecified atom stereocenters. The summed E-state index contributed by atoms with van der Waals surface area (Å²) in [4.78, 5) is 42.5. The monoisotopic (exact) mass is 442 g/mol. The third-order valence-electron chi connectivity index (χ3n) is 5.38. The van der Waals surface area contributed by atoms with Crippen LogP contribution in [0.5, 0.6) is 0 Å². The zero-order valence-corrected chi connectivity index (χ0v) is 18.8. The first-order chi connectivity index (χ1) is 15.4. The molecule has 0 saturated heterocycles. The first-order valence-corrected chi connectivity index (χ1v) is 10.9. The Balaban J connectivity index is 2.17. The van der Waals surface area contributed by atoms with Gasteiger partial charge >= 0.3 is 5.69 Å². The molecule has 172 valence electrons. The summed E-state index contributed by atoms with van der Waals surface area (Å²) in [7, 11) is 1.54. The van der Waals surface area contributed by atoms with Crippen LogP contribution in [0.3, 0.4) is 0 Å². The SMILES string of the molecule is CCCCN(C(=O)c1oc2ccccc2c1COC)c1c(N)n(CCCC)c(=O)[nH]c1=O. The van der Waals surface area contributed by atoms with Crippen molar-refractivity contribution < 1.29 is 13.9 Å². The fourth-order valence-corrected chi connectivity index (χ4v) is 3.69. The quantitative estimate of drug-likeness (QED) is 0.497. The molecule has 0 bridgehead atoms. The van der Waals surface area contributed by atoms with Crippen LogP contribution in [0.25, 0.3) is 11.0 Å². The molecule has 0 atom stereocenters. The summed E-state index contributed by atoms with van der Waals surface area (Å²) in [6, 6.07) is 7.30. The van der Waals surface area contributed by atoms with Gasteiger partial charge < -0.3 is 14.9 Å². The van der Waals surface area contributed by atoms with E-state index < -0.39 is 17.2 Å². The largest absolute Gasteiger partial charge is 0.450 e. The van der Waals surface area contributed by atoms with Crippen molar-refractivity contribution in [2.75, 3.05) is 24.3 Å². The molecule has 3 N–H and O–H groups in total. The standard InChI is InChI=1S/C23H30N4O5/c1-4-6-12-26(18-20(24)27(13-7-5-2)23(30)25-21(18)28)22(29)19-16(14-31-3)15-10-8-9-11-17(15)32-19/h8-11H,4-7,12-14,24H2,1-3H3,(H,25,28,30). The van der Waals surface area contributed by atoms with Crippen LogP contribution in [0.15, 0.2) is 38.3 Å². The van der Waals surface area contributed by atoms with E-state index in [1.807, 2.05) is 32.0 Å². The second-order valence-electron chi connectivity index (χ2n) is 7.65. The van der Waals surface area contributed by atoms with E-state index in [1.54, 1.807) is 6.07 Å². The van der Waals surface area contributed by atoms with E-state index in [9.17, 15) is 14.4 Å². The molecule has 0 aliphatic rings. The van der Waals surface area contributed by atoms with Gasteiger partial charge in [-0.3, -0.25) is 24.0 Å². The van der Waals surface area contributed by atoms with Crippen LogP contribution < -0.4 is 21.9 Å². The number of furan rings is 1. The fourth-order valence-electron chi connectivity index (χ4n) is 3.69. The number of nitrogen functional groups attached to an aromatic ring is 1. The van der Waals surface area contributed by atoms with Gasteiger partial charge in [0.1, 0.15) is 11.4 Å². The number of benzene rings is 1. The Morgan fingerprint density at radius 2 is 1.91 bits per heavy atom. The molecule has 1 amide bonds. The maximum atomic E-state index is 13.7. The topological polar surface area (TPSA) is 124 Å². The number of unbranched alkanes of at least 4 members (excludes halogenated alkanes) is 2. The predicted octanol–water partition coefficient (Wildman–Crippen LogP) is 3.26. The third-order valence-corrected chi connectivity index (χ3v) is 5.38. The summed E-state index contributed by atoms with van der Waals surface area (Å²) in [5.41, 5.74) is 6.10. The number of H-pyrrole nitrogens is 1. The van der Waals surface area contributed by atoms with E-state index in [0.717, 1.165) is 18.2 Å². The Labute approximate surface area is 185 Å². The number of rotatable bonds is 10. The lowest BCUT2D eigenvalue weighted by Crippen LogP contribution is -2.41.